The molecule has 0 spiro atoms. The Hall–Kier alpha value is -4.01. The molecular weight excluding hydrogens is 448 g/mol. The van der Waals surface area contributed by atoms with Crippen LogP contribution in [0.1, 0.15) is 17.3 Å². The molecule has 9 nitrogen and oxygen atoms in total. The molecule has 0 unspecified atom stereocenters. The van der Waals surface area contributed by atoms with E-state index in [4.69, 9.17) is 18.9 Å². The monoisotopic (exact) mass is 478 g/mol. The van der Waals surface area contributed by atoms with Crippen LogP contribution < -0.4 is 23.8 Å². The Morgan fingerprint density at radius 2 is 1.54 bits per heavy atom. The van der Waals surface area contributed by atoms with Gasteiger partial charge in [0.1, 0.15) is 5.75 Å². The van der Waals surface area contributed by atoms with Crippen molar-refractivity contribution >= 4 is 11.7 Å². The molecule has 0 aliphatic carbocycles. The third-order valence-corrected chi connectivity index (χ3v) is 5.92. The van der Waals surface area contributed by atoms with Crippen LogP contribution in [-0.2, 0) is 0 Å². The molecule has 3 aromatic rings. The molecule has 1 amide bonds. The summed E-state index contributed by atoms with van der Waals surface area (Å²) in [5, 5.41) is 8.86. The molecule has 9 heteroatoms. The fourth-order valence-electron chi connectivity index (χ4n) is 4.11. The van der Waals surface area contributed by atoms with Crippen LogP contribution in [0.25, 0.3) is 11.3 Å². The molecule has 0 bridgehead atoms. The highest BCUT2D eigenvalue weighted by Crippen LogP contribution is 2.40. The number of carbonyl (C=O) groups excluding carboxylic acids is 1. The van der Waals surface area contributed by atoms with E-state index in [-0.39, 0.29) is 5.91 Å². The first kappa shape index (κ1) is 24.1. The van der Waals surface area contributed by atoms with Crippen LogP contribution in [0.3, 0.4) is 0 Å². The van der Waals surface area contributed by atoms with Crippen molar-refractivity contribution in [3.05, 3.63) is 54.1 Å². The van der Waals surface area contributed by atoms with E-state index in [1.165, 1.54) is 0 Å². The minimum Gasteiger partial charge on any atom is -0.493 e. The number of ether oxygens (including phenoxy) is 4. The SMILES string of the molecule is CCOc1ccccc1C(=O)N1CCN(c2ccc(-c3cc(OC)c(OC)c(OC)c3)nn2)CC1. The van der Waals surface area contributed by atoms with Gasteiger partial charge in [-0.2, -0.15) is 0 Å². The Balaban J connectivity index is 1.44. The van der Waals surface area contributed by atoms with Gasteiger partial charge in [-0.25, -0.2) is 0 Å². The van der Waals surface area contributed by atoms with Gasteiger partial charge in [-0.3, -0.25) is 4.79 Å². The van der Waals surface area contributed by atoms with Crippen molar-refractivity contribution in [2.24, 2.45) is 0 Å². The van der Waals surface area contributed by atoms with Gasteiger partial charge in [-0.1, -0.05) is 12.1 Å². The van der Waals surface area contributed by atoms with Crippen molar-refractivity contribution in [1.82, 2.24) is 15.1 Å². The zero-order chi connectivity index (χ0) is 24.8. The first-order valence-corrected chi connectivity index (χ1v) is 11.5. The summed E-state index contributed by atoms with van der Waals surface area (Å²) in [6, 6.07) is 14.9. The Morgan fingerprint density at radius 1 is 0.857 bits per heavy atom. The molecule has 0 radical (unpaired) electrons. The van der Waals surface area contributed by atoms with Crippen molar-refractivity contribution in [3.63, 3.8) is 0 Å². The first-order valence-electron chi connectivity index (χ1n) is 11.5. The first-order chi connectivity index (χ1) is 17.1. The predicted octanol–water partition coefficient (Wildman–Crippen LogP) is 3.53. The van der Waals surface area contributed by atoms with Gasteiger partial charge in [0.15, 0.2) is 17.3 Å². The minimum atomic E-state index is -0.0162. The second-order valence-corrected chi connectivity index (χ2v) is 7.90. The lowest BCUT2D eigenvalue weighted by Crippen LogP contribution is -2.49. The van der Waals surface area contributed by atoms with Crippen molar-refractivity contribution < 1.29 is 23.7 Å². The normalized spacial score (nSPS) is 13.4. The van der Waals surface area contributed by atoms with Crippen LogP contribution in [0, 0.1) is 0 Å². The lowest BCUT2D eigenvalue weighted by molar-refractivity contribution is 0.0742. The standard InChI is InChI=1S/C26H30N4O5/c1-5-35-21-9-7-6-8-19(21)26(31)30-14-12-29(13-15-30)24-11-10-20(27-28-24)18-16-22(32-2)25(34-4)23(17-18)33-3/h6-11,16-17H,5,12-15H2,1-4H3. The summed E-state index contributed by atoms with van der Waals surface area (Å²) >= 11 is 0. The summed E-state index contributed by atoms with van der Waals surface area (Å²) in [7, 11) is 4.73. The Labute approximate surface area is 205 Å². The number of rotatable bonds is 8. The number of anilines is 1. The molecule has 1 saturated heterocycles. The van der Waals surface area contributed by atoms with E-state index in [0.29, 0.717) is 67.0 Å². The van der Waals surface area contributed by atoms with Gasteiger partial charge in [0, 0.05) is 31.7 Å². The Kier molecular flexibility index (Phi) is 7.54. The summed E-state index contributed by atoms with van der Waals surface area (Å²) in [6.45, 7) is 4.95. The molecule has 184 valence electrons. The van der Waals surface area contributed by atoms with E-state index in [1.807, 2.05) is 60.4 Å². The fraction of sp³-hybridized carbons (Fsp3) is 0.346. The summed E-state index contributed by atoms with van der Waals surface area (Å²) in [5.41, 5.74) is 2.09. The van der Waals surface area contributed by atoms with Crippen molar-refractivity contribution in [1.29, 1.82) is 0 Å². The van der Waals surface area contributed by atoms with E-state index in [9.17, 15) is 4.79 Å². The second kappa shape index (κ2) is 10.9. The number of nitrogens with zero attached hydrogens (tertiary/aromatic N) is 4. The van der Waals surface area contributed by atoms with Gasteiger partial charge >= 0.3 is 0 Å². The second-order valence-electron chi connectivity index (χ2n) is 7.90. The zero-order valence-electron chi connectivity index (χ0n) is 20.5. The molecule has 0 saturated carbocycles. The van der Waals surface area contributed by atoms with Gasteiger partial charge in [0.2, 0.25) is 5.75 Å². The number of methoxy groups -OCH3 is 3. The number of hydrogen-bond acceptors (Lipinski definition) is 8. The van der Waals surface area contributed by atoms with Gasteiger partial charge in [-0.15, -0.1) is 10.2 Å². The molecular formula is C26H30N4O5. The van der Waals surface area contributed by atoms with Gasteiger partial charge in [-0.05, 0) is 43.3 Å². The molecule has 1 aliphatic heterocycles. The molecule has 1 fully saturated rings. The minimum absolute atomic E-state index is 0.0162. The number of piperazine rings is 1. The Bertz CT molecular complexity index is 1140. The number of carbonyl (C=O) groups is 1. The summed E-state index contributed by atoms with van der Waals surface area (Å²) in [4.78, 5) is 17.0. The highest BCUT2D eigenvalue weighted by atomic mass is 16.5. The largest absolute Gasteiger partial charge is 0.493 e. The summed E-state index contributed by atoms with van der Waals surface area (Å²) in [5.74, 6) is 3.01. The molecule has 1 aliphatic rings. The number of aromatic nitrogens is 2. The maximum Gasteiger partial charge on any atom is 0.257 e. The van der Waals surface area contributed by atoms with Crippen LogP contribution in [-0.4, -0.2) is 75.1 Å². The van der Waals surface area contributed by atoms with Crippen LogP contribution in [0.15, 0.2) is 48.5 Å². The van der Waals surface area contributed by atoms with Crippen molar-refractivity contribution in [2.45, 2.75) is 6.92 Å². The molecule has 2 heterocycles. The van der Waals surface area contributed by atoms with Crippen LogP contribution in [0.5, 0.6) is 23.0 Å². The third-order valence-electron chi connectivity index (χ3n) is 5.92. The smallest absolute Gasteiger partial charge is 0.257 e. The number of benzene rings is 2. The van der Waals surface area contributed by atoms with E-state index >= 15 is 0 Å². The van der Waals surface area contributed by atoms with Gasteiger partial charge in [0.25, 0.3) is 5.91 Å². The molecule has 4 rings (SSSR count). The average Bonchev–Trinajstić information content (AvgIpc) is 2.92. The van der Waals surface area contributed by atoms with Crippen LogP contribution in [0.4, 0.5) is 5.82 Å². The molecule has 35 heavy (non-hydrogen) atoms. The van der Waals surface area contributed by atoms with E-state index in [1.54, 1.807) is 21.3 Å². The lowest BCUT2D eigenvalue weighted by atomic mass is 10.1. The van der Waals surface area contributed by atoms with E-state index in [0.717, 1.165) is 11.4 Å². The summed E-state index contributed by atoms with van der Waals surface area (Å²) < 4.78 is 21.9. The number of para-hydroxylation sites is 1. The average molecular weight is 479 g/mol. The lowest BCUT2D eigenvalue weighted by Gasteiger charge is -2.35. The predicted molar refractivity (Wildman–Crippen MR) is 133 cm³/mol. The highest BCUT2D eigenvalue weighted by Gasteiger charge is 2.25. The van der Waals surface area contributed by atoms with Crippen molar-refractivity contribution in [2.75, 3.05) is 59.0 Å². The molecule has 1 aromatic heterocycles. The zero-order valence-corrected chi connectivity index (χ0v) is 20.5. The van der Waals surface area contributed by atoms with Crippen molar-refractivity contribution in [3.8, 4) is 34.3 Å². The highest BCUT2D eigenvalue weighted by molar-refractivity contribution is 5.97. The molecule has 0 N–H and O–H groups in total. The van der Waals surface area contributed by atoms with E-state index in [2.05, 4.69) is 15.1 Å². The van der Waals surface area contributed by atoms with Crippen LogP contribution in [0.2, 0.25) is 0 Å². The van der Waals surface area contributed by atoms with Crippen LogP contribution >= 0.6 is 0 Å². The molecule has 0 atom stereocenters. The number of amides is 1. The Morgan fingerprint density at radius 3 is 2.11 bits per heavy atom. The maximum absolute atomic E-state index is 13.1. The molecule has 2 aromatic carbocycles. The van der Waals surface area contributed by atoms with Gasteiger partial charge in [0.05, 0.1) is 39.2 Å². The third kappa shape index (κ3) is 5.08. The fourth-order valence-corrected chi connectivity index (χ4v) is 4.11. The summed E-state index contributed by atoms with van der Waals surface area (Å²) in [6.07, 6.45) is 0. The van der Waals surface area contributed by atoms with E-state index < -0.39 is 0 Å². The maximum atomic E-state index is 13.1. The number of hydrogen-bond donors (Lipinski definition) is 0. The van der Waals surface area contributed by atoms with Gasteiger partial charge < -0.3 is 28.7 Å². The quantitative estimate of drug-likeness (QED) is 0.486. The topological polar surface area (TPSA) is 86.3 Å².